The summed E-state index contributed by atoms with van der Waals surface area (Å²) in [5, 5.41) is 12.8. The molecule has 0 unspecified atom stereocenters. The Bertz CT molecular complexity index is 639. The number of amides is 1. The standard InChI is InChI=1S/C13H23N3O4S/c1-12(2,13(3,4)18)15-11(17)10-7-9(8-16(10)6)21(19,20)14-5/h7-8,14,18H,1-6H3,(H,15,17). The zero-order chi connectivity index (χ0) is 16.6. The monoisotopic (exact) mass is 317 g/mol. The molecular weight excluding hydrogens is 294 g/mol. The Morgan fingerprint density at radius 3 is 2.24 bits per heavy atom. The van der Waals surface area contributed by atoms with Gasteiger partial charge >= 0.3 is 0 Å². The number of aryl methyl sites for hydroxylation is 1. The second kappa shape index (κ2) is 5.43. The van der Waals surface area contributed by atoms with E-state index in [0.29, 0.717) is 0 Å². The van der Waals surface area contributed by atoms with Crippen molar-refractivity contribution in [2.75, 3.05) is 7.05 Å². The number of rotatable bonds is 5. The van der Waals surface area contributed by atoms with Gasteiger partial charge in [0.15, 0.2) is 0 Å². The molecule has 0 saturated carbocycles. The molecule has 7 nitrogen and oxygen atoms in total. The van der Waals surface area contributed by atoms with E-state index in [2.05, 4.69) is 10.0 Å². The molecule has 1 amide bonds. The number of nitrogens with zero attached hydrogens (tertiary/aromatic N) is 1. The average Bonchev–Trinajstić information content (AvgIpc) is 2.70. The molecule has 120 valence electrons. The van der Waals surface area contributed by atoms with Gasteiger partial charge in [-0.1, -0.05) is 0 Å². The van der Waals surface area contributed by atoms with Crippen molar-refractivity contribution in [3.05, 3.63) is 18.0 Å². The Morgan fingerprint density at radius 2 is 1.81 bits per heavy atom. The van der Waals surface area contributed by atoms with Gasteiger partial charge in [0.25, 0.3) is 5.91 Å². The number of hydrogen-bond donors (Lipinski definition) is 3. The van der Waals surface area contributed by atoms with Crippen LogP contribution >= 0.6 is 0 Å². The van der Waals surface area contributed by atoms with E-state index in [4.69, 9.17) is 0 Å². The molecule has 0 saturated heterocycles. The Hall–Kier alpha value is -1.38. The van der Waals surface area contributed by atoms with Crippen LogP contribution in [0.25, 0.3) is 0 Å². The van der Waals surface area contributed by atoms with Gasteiger partial charge in [0, 0.05) is 13.2 Å². The van der Waals surface area contributed by atoms with Crippen LogP contribution in [0.4, 0.5) is 0 Å². The van der Waals surface area contributed by atoms with Crippen molar-refractivity contribution in [2.24, 2.45) is 7.05 Å². The highest BCUT2D eigenvalue weighted by Gasteiger charge is 2.37. The smallest absolute Gasteiger partial charge is 0.268 e. The Balaban J connectivity index is 3.11. The lowest BCUT2D eigenvalue weighted by molar-refractivity contribution is -0.00308. The second-order valence-electron chi connectivity index (χ2n) is 6.02. The zero-order valence-electron chi connectivity index (χ0n) is 13.2. The van der Waals surface area contributed by atoms with Gasteiger partial charge < -0.3 is 15.0 Å². The fourth-order valence-corrected chi connectivity index (χ4v) is 2.32. The summed E-state index contributed by atoms with van der Waals surface area (Å²) in [6.07, 6.45) is 1.36. The first-order chi connectivity index (χ1) is 9.32. The normalized spacial score (nSPS) is 13.3. The van der Waals surface area contributed by atoms with Crippen molar-refractivity contribution in [1.82, 2.24) is 14.6 Å². The first-order valence-corrected chi connectivity index (χ1v) is 7.95. The summed E-state index contributed by atoms with van der Waals surface area (Å²) < 4.78 is 27.1. The minimum absolute atomic E-state index is 0.0127. The van der Waals surface area contributed by atoms with Crippen LogP contribution in [-0.4, -0.2) is 42.2 Å². The van der Waals surface area contributed by atoms with E-state index < -0.39 is 27.1 Å². The van der Waals surface area contributed by atoms with Crippen molar-refractivity contribution >= 4 is 15.9 Å². The molecule has 0 aromatic carbocycles. The SMILES string of the molecule is CNS(=O)(=O)c1cc(C(=O)NC(C)(C)C(C)(C)O)n(C)c1. The third-order valence-electron chi connectivity index (χ3n) is 3.75. The van der Waals surface area contributed by atoms with Crippen LogP contribution in [0.2, 0.25) is 0 Å². The minimum atomic E-state index is -3.61. The molecule has 21 heavy (non-hydrogen) atoms. The van der Waals surface area contributed by atoms with Crippen LogP contribution in [0.15, 0.2) is 17.2 Å². The molecule has 0 bridgehead atoms. The highest BCUT2D eigenvalue weighted by Crippen LogP contribution is 2.22. The zero-order valence-corrected chi connectivity index (χ0v) is 14.0. The lowest BCUT2D eigenvalue weighted by atomic mass is 9.86. The predicted molar refractivity (Wildman–Crippen MR) is 79.5 cm³/mol. The third kappa shape index (κ3) is 3.63. The summed E-state index contributed by atoms with van der Waals surface area (Å²) in [7, 11) is -0.717. The Kier molecular flexibility index (Phi) is 4.57. The van der Waals surface area contributed by atoms with Gasteiger partial charge in [-0.05, 0) is 40.8 Å². The number of nitrogens with one attached hydrogen (secondary N) is 2. The minimum Gasteiger partial charge on any atom is -0.388 e. The number of hydrogen-bond acceptors (Lipinski definition) is 4. The van der Waals surface area contributed by atoms with Gasteiger partial charge in [0.2, 0.25) is 10.0 Å². The van der Waals surface area contributed by atoms with E-state index in [-0.39, 0.29) is 10.6 Å². The van der Waals surface area contributed by atoms with E-state index in [0.717, 1.165) is 0 Å². The molecule has 0 aliphatic carbocycles. The van der Waals surface area contributed by atoms with E-state index in [1.807, 2.05) is 0 Å². The number of carbonyl (C=O) groups is 1. The number of aliphatic hydroxyl groups is 1. The van der Waals surface area contributed by atoms with Crippen LogP contribution in [0.3, 0.4) is 0 Å². The summed E-state index contributed by atoms with van der Waals surface area (Å²) in [5.41, 5.74) is -1.81. The first kappa shape index (κ1) is 17.7. The molecular formula is C13H23N3O4S. The van der Waals surface area contributed by atoms with Crippen molar-refractivity contribution < 1.29 is 18.3 Å². The van der Waals surface area contributed by atoms with Gasteiger partial charge in [-0.2, -0.15) is 0 Å². The fraction of sp³-hybridized carbons (Fsp3) is 0.615. The third-order valence-corrected chi connectivity index (χ3v) is 5.13. The van der Waals surface area contributed by atoms with E-state index in [1.54, 1.807) is 34.7 Å². The summed E-state index contributed by atoms with van der Waals surface area (Å²) in [4.78, 5) is 12.3. The largest absolute Gasteiger partial charge is 0.388 e. The predicted octanol–water partition coefficient (Wildman–Crippen LogP) is 0.213. The molecule has 1 aromatic rings. The molecule has 8 heteroatoms. The fourth-order valence-electron chi connectivity index (χ4n) is 1.53. The van der Waals surface area contributed by atoms with Crippen LogP contribution in [0.1, 0.15) is 38.2 Å². The van der Waals surface area contributed by atoms with E-state index >= 15 is 0 Å². The number of sulfonamides is 1. The van der Waals surface area contributed by atoms with Crippen LogP contribution in [0, 0.1) is 0 Å². The summed E-state index contributed by atoms with van der Waals surface area (Å²) in [5.74, 6) is -0.456. The van der Waals surface area contributed by atoms with Crippen LogP contribution in [0.5, 0.6) is 0 Å². The van der Waals surface area contributed by atoms with E-state index in [1.165, 1.54) is 23.9 Å². The molecule has 1 aromatic heterocycles. The van der Waals surface area contributed by atoms with Crippen molar-refractivity contribution in [3.8, 4) is 0 Å². The van der Waals surface area contributed by atoms with Gasteiger partial charge in [0.05, 0.1) is 11.1 Å². The van der Waals surface area contributed by atoms with Gasteiger partial charge in [-0.25, -0.2) is 13.1 Å². The maximum absolute atomic E-state index is 12.3. The summed E-state index contributed by atoms with van der Waals surface area (Å²) in [6, 6.07) is 1.29. The summed E-state index contributed by atoms with van der Waals surface area (Å²) >= 11 is 0. The molecule has 1 heterocycles. The maximum atomic E-state index is 12.3. The molecule has 3 N–H and O–H groups in total. The lowest BCUT2D eigenvalue weighted by Gasteiger charge is -2.37. The summed E-state index contributed by atoms with van der Waals surface area (Å²) in [6.45, 7) is 6.57. The molecule has 1 rings (SSSR count). The molecule has 0 radical (unpaired) electrons. The van der Waals surface area contributed by atoms with Crippen LogP contribution in [-0.2, 0) is 17.1 Å². The molecule has 0 spiro atoms. The second-order valence-corrected chi connectivity index (χ2v) is 7.90. The quantitative estimate of drug-likeness (QED) is 0.723. The Labute approximate surface area is 125 Å². The van der Waals surface area contributed by atoms with Crippen molar-refractivity contribution in [2.45, 2.75) is 43.7 Å². The highest BCUT2D eigenvalue weighted by molar-refractivity contribution is 7.89. The molecule has 0 aliphatic rings. The average molecular weight is 317 g/mol. The maximum Gasteiger partial charge on any atom is 0.268 e. The van der Waals surface area contributed by atoms with Crippen LogP contribution < -0.4 is 10.0 Å². The topological polar surface area (TPSA) is 100 Å². The van der Waals surface area contributed by atoms with Crippen molar-refractivity contribution in [1.29, 1.82) is 0 Å². The number of carbonyl (C=O) groups excluding carboxylic acids is 1. The molecule has 0 atom stereocenters. The lowest BCUT2D eigenvalue weighted by Crippen LogP contribution is -2.57. The molecule has 0 aliphatic heterocycles. The molecule has 0 fully saturated rings. The van der Waals surface area contributed by atoms with Gasteiger partial charge in [0.1, 0.15) is 10.6 Å². The van der Waals surface area contributed by atoms with Gasteiger partial charge in [-0.15, -0.1) is 0 Å². The number of aromatic nitrogens is 1. The Morgan fingerprint density at radius 1 is 1.29 bits per heavy atom. The van der Waals surface area contributed by atoms with Crippen molar-refractivity contribution in [3.63, 3.8) is 0 Å². The van der Waals surface area contributed by atoms with Gasteiger partial charge in [-0.3, -0.25) is 4.79 Å². The first-order valence-electron chi connectivity index (χ1n) is 6.46. The highest BCUT2D eigenvalue weighted by atomic mass is 32.2. The van der Waals surface area contributed by atoms with E-state index in [9.17, 15) is 18.3 Å².